The van der Waals surface area contributed by atoms with Gasteiger partial charge in [-0.2, -0.15) is 0 Å². The van der Waals surface area contributed by atoms with Gasteiger partial charge in [-0.25, -0.2) is 4.90 Å². The Morgan fingerprint density at radius 3 is 2.73 bits per heavy atom. The molecule has 0 bridgehead atoms. The summed E-state index contributed by atoms with van der Waals surface area (Å²) < 4.78 is 0. The molecular weight excluding hydrogens is 448 g/mol. The van der Waals surface area contributed by atoms with Gasteiger partial charge in [-0.05, 0) is 44.0 Å². The van der Waals surface area contributed by atoms with E-state index in [4.69, 9.17) is 11.6 Å². The van der Waals surface area contributed by atoms with Crippen LogP contribution >= 0.6 is 11.6 Å². The summed E-state index contributed by atoms with van der Waals surface area (Å²) in [5, 5.41) is 14.5. The number of amides is 3. The molecule has 4 heterocycles. The summed E-state index contributed by atoms with van der Waals surface area (Å²) in [4.78, 5) is 55.0. The van der Waals surface area contributed by atoms with Gasteiger partial charge in [0.15, 0.2) is 0 Å². The average Bonchev–Trinajstić information content (AvgIpc) is 3.47. The smallest absolute Gasteiger partial charge is 0.271 e. The molecule has 0 aromatic heterocycles. The topological polar surface area (TPSA) is 113 Å². The van der Waals surface area contributed by atoms with Gasteiger partial charge in [-0.3, -0.25) is 29.4 Å². The van der Waals surface area contributed by atoms with Crippen LogP contribution in [0.15, 0.2) is 36.4 Å². The number of halogens is 1. The second kappa shape index (κ2) is 6.61. The van der Waals surface area contributed by atoms with Crippen LogP contribution in [-0.4, -0.2) is 40.1 Å². The number of anilines is 2. The van der Waals surface area contributed by atoms with Crippen LogP contribution in [0.1, 0.15) is 24.0 Å². The Labute approximate surface area is 193 Å². The Kier molecular flexibility index (Phi) is 4.07. The van der Waals surface area contributed by atoms with E-state index >= 15 is 0 Å². The molecule has 6 rings (SSSR count). The quantitative estimate of drug-likeness (QED) is 0.413. The first-order valence-corrected chi connectivity index (χ1v) is 11.2. The van der Waals surface area contributed by atoms with Crippen molar-refractivity contribution in [3.63, 3.8) is 0 Å². The number of imide groups is 1. The van der Waals surface area contributed by atoms with Crippen LogP contribution in [0.3, 0.4) is 0 Å². The number of benzene rings is 2. The lowest BCUT2D eigenvalue weighted by Crippen LogP contribution is -2.54. The van der Waals surface area contributed by atoms with E-state index < -0.39 is 34.1 Å². The van der Waals surface area contributed by atoms with Crippen LogP contribution in [0.2, 0.25) is 5.02 Å². The minimum Gasteiger partial charge on any atom is -0.323 e. The fourth-order valence-electron chi connectivity index (χ4n) is 6.40. The van der Waals surface area contributed by atoms with Crippen LogP contribution in [0.4, 0.5) is 17.1 Å². The van der Waals surface area contributed by atoms with Gasteiger partial charge in [0.1, 0.15) is 5.54 Å². The zero-order valence-electron chi connectivity index (χ0n) is 17.6. The van der Waals surface area contributed by atoms with Gasteiger partial charge >= 0.3 is 0 Å². The first-order chi connectivity index (χ1) is 15.8. The van der Waals surface area contributed by atoms with Crippen molar-refractivity contribution in [2.75, 3.05) is 16.8 Å². The van der Waals surface area contributed by atoms with E-state index in [9.17, 15) is 24.5 Å². The highest BCUT2D eigenvalue weighted by molar-refractivity contribution is 6.35. The highest BCUT2D eigenvalue weighted by atomic mass is 35.5. The number of non-ortho nitro benzene ring substituents is 1. The zero-order valence-corrected chi connectivity index (χ0v) is 18.3. The minimum atomic E-state index is -1.33. The molecule has 1 N–H and O–H groups in total. The number of nitro groups is 1. The Balaban J connectivity index is 1.55. The number of carbonyl (C=O) groups is 3. The molecule has 4 atom stereocenters. The monoisotopic (exact) mass is 466 g/mol. The fraction of sp³-hybridized carbons (Fsp3) is 0.348. The minimum absolute atomic E-state index is 0.147. The van der Waals surface area contributed by atoms with Gasteiger partial charge in [-0.15, -0.1) is 0 Å². The predicted molar refractivity (Wildman–Crippen MR) is 119 cm³/mol. The number of hydrogen-bond donors (Lipinski definition) is 1. The Morgan fingerprint density at radius 2 is 1.97 bits per heavy atom. The number of nitrogens with zero attached hydrogens (tertiary/aromatic N) is 3. The lowest BCUT2D eigenvalue weighted by atomic mass is 9.75. The number of carbonyl (C=O) groups excluding carboxylic acids is 3. The summed E-state index contributed by atoms with van der Waals surface area (Å²) in [6, 6.07) is 8.83. The number of nitrogens with one attached hydrogen (secondary N) is 1. The van der Waals surface area contributed by atoms with Crippen molar-refractivity contribution in [3.8, 4) is 0 Å². The molecule has 10 heteroatoms. The molecule has 4 aliphatic rings. The molecule has 0 radical (unpaired) electrons. The molecule has 2 aromatic carbocycles. The van der Waals surface area contributed by atoms with E-state index in [0.29, 0.717) is 29.2 Å². The molecule has 0 saturated carbocycles. The average molecular weight is 467 g/mol. The lowest BCUT2D eigenvalue weighted by molar-refractivity contribution is -0.384. The SMILES string of the molecule is Cc1cc(Cl)c2c(c1)[C@@]1(C(=O)N2)[C@@H]2C(=O)N(c3cccc([N+](=O)[O-])c3)C(=O)[C@@H]2[C@@H]2CCCN21. The van der Waals surface area contributed by atoms with E-state index in [2.05, 4.69) is 5.32 Å². The van der Waals surface area contributed by atoms with Gasteiger partial charge in [-0.1, -0.05) is 23.7 Å². The normalized spacial score (nSPS) is 30.1. The van der Waals surface area contributed by atoms with E-state index in [1.807, 2.05) is 17.9 Å². The summed E-state index contributed by atoms with van der Waals surface area (Å²) in [5.41, 5.74) is 0.551. The summed E-state index contributed by atoms with van der Waals surface area (Å²) in [6.45, 7) is 2.46. The highest BCUT2D eigenvalue weighted by Gasteiger charge is 2.74. The Hall–Kier alpha value is -3.30. The molecule has 168 valence electrons. The maximum atomic E-state index is 13.9. The van der Waals surface area contributed by atoms with Gasteiger partial charge in [0.2, 0.25) is 11.8 Å². The molecule has 3 fully saturated rings. The molecule has 33 heavy (non-hydrogen) atoms. The molecule has 4 aliphatic heterocycles. The van der Waals surface area contributed by atoms with Gasteiger partial charge in [0.25, 0.3) is 11.6 Å². The van der Waals surface area contributed by atoms with Gasteiger partial charge in [0.05, 0.1) is 33.2 Å². The zero-order chi connectivity index (χ0) is 23.2. The van der Waals surface area contributed by atoms with Crippen LogP contribution in [-0.2, 0) is 19.9 Å². The van der Waals surface area contributed by atoms with Gasteiger partial charge in [0, 0.05) is 23.7 Å². The first-order valence-electron chi connectivity index (χ1n) is 10.8. The van der Waals surface area contributed by atoms with Crippen LogP contribution in [0.5, 0.6) is 0 Å². The number of hydrogen-bond acceptors (Lipinski definition) is 6. The van der Waals surface area contributed by atoms with Gasteiger partial charge < -0.3 is 5.32 Å². The van der Waals surface area contributed by atoms with Crippen LogP contribution < -0.4 is 10.2 Å². The molecule has 0 unspecified atom stereocenters. The van der Waals surface area contributed by atoms with Crippen LogP contribution in [0.25, 0.3) is 0 Å². The van der Waals surface area contributed by atoms with Crippen molar-refractivity contribution < 1.29 is 19.3 Å². The molecule has 1 spiro atoms. The predicted octanol–water partition coefficient (Wildman–Crippen LogP) is 2.99. The first kappa shape index (κ1) is 20.3. The number of nitro benzene ring substituents is 1. The number of aryl methyl sites for hydroxylation is 1. The molecule has 0 aliphatic carbocycles. The van der Waals surface area contributed by atoms with Crippen molar-refractivity contribution in [1.82, 2.24) is 4.90 Å². The highest BCUT2D eigenvalue weighted by Crippen LogP contribution is 2.61. The van der Waals surface area contributed by atoms with E-state index in [1.54, 1.807) is 6.07 Å². The Morgan fingerprint density at radius 1 is 1.18 bits per heavy atom. The second-order valence-electron chi connectivity index (χ2n) is 9.09. The number of rotatable bonds is 2. The third-order valence-electron chi connectivity index (χ3n) is 7.50. The van der Waals surface area contributed by atoms with Crippen LogP contribution in [0, 0.1) is 28.9 Å². The maximum Gasteiger partial charge on any atom is 0.271 e. The van der Waals surface area contributed by atoms with E-state index in [1.165, 1.54) is 24.3 Å². The standard InChI is InChI=1S/C23H19ClN4O5/c1-11-8-14-19(15(24)9-11)25-22(31)23(14)18-17(16-6-3-7-26(16)23)20(29)27(21(18)30)12-4-2-5-13(10-12)28(32)33/h2,4-5,8-10,16-18H,3,6-7H2,1H3,(H,25,31)/t16-,17+,18-,23-/m0/s1. The third kappa shape index (κ3) is 2.38. The lowest BCUT2D eigenvalue weighted by Gasteiger charge is -2.36. The van der Waals surface area contributed by atoms with E-state index in [-0.39, 0.29) is 23.3 Å². The summed E-state index contributed by atoms with van der Waals surface area (Å²) in [6.07, 6.45) is 1.49. The van der Waals surface area contributed by atoms with Crippen molar-refractivity contribution in [2.45, 2.75) is 31.3 Å². The molecule has 9 nitrogen and oxygen atoms in total. The number of fused-ring (bicyclic) bond motifs is 7. The fourth-order valence-corrected chi connectivity index (χ4v) is 6.72. The van der Waals surface area contributed by atoms with Crippen molar-refractivity contribution >= 4 is 46.4 Å². The largest absolute Gasteiger partial charge is 0.323 e. The van der Waals surface area contributed by atoms with Crippen molar-refractivity contribution in [1.29, 1.82) is 0 Å². The second-order valence-corrected chi connectivity index (χ2v) is 9.49. The summed E-state index contributed by atoms with van der Waals surface area (Å²) in [7, 11) is 0. The van der Waals surface area contributed by atoms with Crippen molar-refractivity contribution in [2.24, 2.45) is 11.8 Å². The summed E-state index contributed by atoms with van der Waals surface area (Å²) >= 11 is 6.47. The molecule has 3 saturated heterocycles. The Bertz CT molecular complexity index is 1300. The van der Waals surface area contributed by atoms with E-state index in [0.717, 1.165) is 16.9 Å². The maximum absolute atomic E-state index is 13.9. The molecular formula is C23H19ClN4O5. The third-order valence-corrected chi connectivity index (χ3v) is 7.79. The molecule has 2 aromatic rings. The summed E-state index contributed by atoms with van der Waals surface area (Å²) in [5.74, 6) is -2.94. The molecule has 3 amide bonds. The van der Waals surface area contributed by atoms with Crippen molar-refractivity contribution in [3.05, 3.63) is 62.7 Å².